The summed E-state index contributed by atoms with van der Waals surface area (Å²) in [6.45, 7) is 0. The average Bonchev–Trinajstić information content (AvgIpc) is 2.26. The number of rotatable bonds is 5. The predicted molar refractivity (Wildman–Crippen MR) is 54.7 cm³/mol. The monoisotopic (exact) mass is 208 g/mol. The van der Waals surface area contributed by atoms with E-state index in [-0.39, 0.29) is 6.42 Å². The van der Waals surface area contributed by atoms with Gasteiger partial charge in [-0.3, -0.25) is 20.6 Å². The fraction of sp³-hybridized carbons (Fsp3) is 0.300. The van der Waals surface area contributed by atoms with Crippen LogP contribution in [0.1, 0.15) is 12.0 Å². The molecule has 1 unspecified atom stereocenters. The first-order valence-electron chi connectivity index (χ1n) is 4.57. The van der Waals surface area contributed by atoms with Crippen LogP contribution < -0.4 is 5.73 Å². The van der Waals surface area contributed by atoms with Crippen LogP contribution in [0.5, 0.6) is 0 Å². The zero-order valence-electron chi connectivity index (χ0n) is 8.13. The van der Waals surface area contributed by atoms with Crippen molar-refractivity contribution in [3.05, 3.63) is 46.0 Å². The Balaban J connectivity index is 2.44. The van der Waals surface area contributed by atoms with Gasteiger partial charge in [0.25, 0.3) is 0 Å². The minimum atomic E-state index is -1.59. The number of benzene rings is 1. The first kappa shape index (κ1) is 11.3. The van der Waals surface area contributed by atoms with E-state index < -0.39 is 16.9 Å². The van der Waals surface area contributed by atoms with E-state index in [1.54, 1.807) is 0 Å². The fourth-order valence-corrected chi connectivity index (χ4v) is 1.18. The van der Waals surface area contributed by atoms with Crippen molar-refractivity contribution in [2.75, 3.05) is 0 Å². The number of aryl methyl sites for hydroxylation is 1. The molecule has 1 aromatic carbocycles. The minimum Gasteiger partial charge on any atom is -0.290 e. The Morgan fingerprint density at radius 2 is 2.00 bits per heavy atom. The summed E-state index contributed by atoms with van der Waals surface area (Å²) in [5.74, 6) is -0.538. The summed E-state index contributed by atoms with van der Waals surface area (Å²) in [5, 5.41) is 10.2. The van der Waals surface area contributed by atoms with Gasteiger partial charge in [0.2, 0.25) is 5.78 Å². The van der Waals surface area contributed by atoms with Crippen LogP contribution in [-0.2, 0) is 11.2 Å². The minimum absolute atomic E-state index is 0.103. The molecular formula is C10H12N2O3. The zero-order valence-corrected chi connectivity index (χ0v) is 8.13. The lowest BCUT2D eigenvalue weighted by molar-refractivity contribution is -0.506. The van der Waals surface area contributed by atoms with Crippen molar-refractivity contribution < 1.29 is 9.72 Å². The standard InChI is InChI=1S/C10H12N2O3/c11-10(12(14)15)9(13)7-6-8-4-2-1-3-5-8/h1-5,10H,6-7,11H2. The van der Waals surface area contributed by atoms with Gasteiger partial charge in [-0.2, -0.15) is 0 Å². The maximum Gasteiger partial charge on any atom is 0.321 e. The number of carbonyl (C=O) groups is 1. The molecule has 0 saturated heterocycles. The highest BCUT2D eigenvalue weighted by Crippen LogP contribution is 2.03. The van der Waals surface area contributed by atoms with Crippen LogP contribution in [0.3, 0.4) is 0 Å². The second-order valence-corrected chi connectivity index (χ2v) is 3.18. The van der Waals surface area contributed by atoms with Crippen molar-refractivity contribution in [2.45, 2.75) is 19.0 Å². The summed E-state index contributed by atoms with van der Waals surface area (Å²) in [7, 11) is 0. The Morgan fingerprint density at radius 3 is 2.53 bits per heavy atom. The van der Waals surface area contributed by atoms with E-state index in [1.165, 1.54) is 0 Å². The van der Waals surface area contributed by atoms with Crippen molar-refractivity contribution in [3.8, 4) is 0 Å². The molecule has 0 aromatic heterocycles. The van der Waals surface area contributed by atoms with Crippen molar-refractivity contribution >= 4 is 5.78 Å². The Kier molecular flexibility index (Phi) is 3.93. The van der Waals surface area contributed by atoms with E-state index in [1.807, 2.05) is 30.3 Å². The lowest BCUT2D eigenvalue weighted by Crippen LogP contribution is -2.38. The van der Waals surface area contributed by atoms with Gasteiger partial charge in [-0.05, 0) is 12.0 Å². The number of hydrogen-bond donors (Lipinski definition) is 1. The highest BCUT2D eigenvalue weighted by atomic mass is 16.6. The molecule has 0 aliphatic heterocycles. The second kappa shape index (κ2) is 5.21. The van der Waals surface area contributed by atoms with Crippen LogP contribution >= 0.6 is 0 Å². The van der Waals surface area contributed by atoms with Crippen molar-refractivity contribution in [1.29, 1.82) is 0 Å². The van der Waals surface area contributed by atoms with Gasteiger partial charge >= 0.3 is 6.17 Å². The molecule has 0 aliphatic carbocycles. The highest BCUT2D eigenvalue weighted by molar-refractivity contribution is 5.82. The second-order valence-electron chi connectivity index (χ2n) is 3.18. The molecule has 1 rings (SSSR count). The third-order valence-corrected chi connectivity index (χ3v) is 2.06. The summed E-state index contributed by atoms with van der Waals surface area (Å²) in [5.41, 5.74) is 6.05. The van der Waals surface area contributed by atoms with Gasteiger partial charge in [-0.15, -0.1) is 0 Å². The van der Waals surface area contributed by atoms with Crippen LogP contribution in [0.15, 0.2) is 30.3 Å². The average molecular weight is 208 g/mol. The summed E-state index contributed by atoms with van der Waals surface area (Å²) in [6.07, 6.45) is -0.999. The lowest BCUT2D eigenvalue weighted by atomic mass is 10.1. The first-order chi connectivity index (χ1) is 7.11. The molecule has 0 bridgehead atoms. The van der Waals surface area contributed by atoms with Gasteiger partial charge in [0.15, 0.2) is 0 Å². The summed E-state index contributed by atoms with van der Waals surface area (Å²) in [4.78, 5) is 20.6. The predicted octanol–water partition coefficient (Wildman–Crippen LogP) is 0.750. The van der Waals surface area contributed by atoms with Gasteiger partial charge in [-0.25, -0.2) is 0 Å². The summed E-state index contributed by atoms with van der Waals surface area (Å²) >= 11 is 0. The van der Waals surface area contributed by atoms with E-state index >= 15 is 0 Å². The van der Waals surface area contributed by atoms with Crippen LogP contribution in [-0.4, -0.2) is 16.9 Å². The Labute approximate surface area is 87.0 Å². The molecule has 0 heterocycles. The van der Waals surface area contributed by atoms with E-state index in [9.17, 15) is 14.9 Å². The number of nitro groups is 1. The SMILES string of the molecule is NC(C(=O)CCc1ccccc1)[N+](=O)[O-]. The molecule has 5 heteroatoms. The largest absolute Gasteiger partial charge is 0.321 e. The molecule has 0 fully saturated rings. The van der Waals surface area contributed by atoms with Crippen LogP contribution in [0.4, 0.5) is 0 Å². The van der Waals surface area contributed by atoms with Crippen LogP contribution in [0, 0.1) is 10.1 Å². The number of ketones is 1. The Morgan fingerprint density at radius 1 is 1.40 bits per heavy atom. The van der Waals surface area contributed by atoms with Gasteiger partial charge in [0.05, 0.1) is 0 Å². The van der Waals surface area contributed by atoms with Gasteiger partial charge in [0, 0.05) is 11.3 Å². The van der Waals surface area contributed by atoms with E-state index in [0.717, 1.165) is 5.56 Å². The first-order valence-corrected chi connectivity index (χ1v) is 4.57. The molecule has 0 radical (unpaired) electrons. The maximum absolute atomic E-state index is 11.2. The molecule has 80 valence electrons. The van der Waals surface area contributed by atoms with Gasteiger partial charge in [0.1, 0.15) is 0 Å². The molecule has 0 spiro atoms. The number of Topliss-reactive ketones (excluding diaryl/α,β-unsaturated/α-hetero) is 1. The zero-order chi connectivity index (χ0) is 11.3. The topological polar surface area (TPSA) is 86.2 Å². The van der Waals surface area contributed by atoms with Crippen molar-refractivity contribution in [2.24, 2.45) is 5.73 Å². The molecule has 1 atom stereocenters. The molecule has 2 N–H and O–H groups in total. The van der Waals surface area contributed by atoms with E-state index in [2.05, 4.69) is 0 Å². The lowest BCUT2D eigenvalue weighted by Gasteiger charge is -2.02. The normalized spacial score (nSPS) is 12.1. The van der Waals surface area contributed by atoms with Crippen molar-refractivity contribution in [3.63, 3.8) is 0 Å². The highest BCUT2D eigenvalue weighted by Gasteiger charge is 2.23. The van der Waals surface area contributed by atoms with Crippen LogP contribution in [0.2, 0.25) is 0 Å². The van der Waals surface area contributed by atoms with E-state index in [0.29, 0.717) is 6.42 Å². The molecule has 15 heavy (non-hydrogen) atoms. The number of nitrogens with two attached hydrogens (primary N) is 1. The number of hydrogen-bond acceptors (Lipinski definition) is 4. The fourth-order valence-electron chi connectivity index (χ4n) is 1.18. The number of nitrogens with zero attached hydrogens (tertiary/aromatic N) is 1. The summed E-state index contributed by atoms with van der Waals surface area (Å²) < 4.78 is 0. The van der Waals surface area contributed by atoms with E-state index in [4.69, 9.17) is 5.73 Å². The van der Waals surface area contributed by atoms with Crippen LogP contribution in [0.25, 0.3) is 0 Å². The third kappa shape index (κ3) is 3.47. The summed E-state index contributed by atoms with van der Waals surface area (Å²) in [6, 6.07) is 9.31. The maximum atomic E-state index is 11.2. The molecule has 1 aromatic rings. The molecule has 0 aliphatic rings. The Bertz CT molecular complexity index is 351. The Hall–Kier alpha value is -1.75. The van der Waals surface area contributed by atoms with Gasteiger partial charge in [-0.1, -0.05) is 30.3 Å². The number of carbonyl (C=O) groups excluding carboxylic acids is 1. The van der Waals surface area contributed by atoms with Crippen molar-refractivity contribution in [1.82, 2.24) is 0 Å². The smallest absolute Gasteiger partial charge is 0.290 e. The van der Waals surface area contributed by atoms with Gasteiger partial charge < -0.3 is 0 Å². The molecule has 0 amide bonds. The third-order valence-electron chi connectivity index (χ3n) is 2.06. The molecule has 0 saturated carbocycles. The molecular weight excluding hydrogens is 196 g/mol. The molecule has 5 nitrogen and oxygen atoms in total. The quantitative estimate of drug-likeness (QED) is 0.439.